The van der Waals surface area contributed by atoms with E-state index in [1.54, 1.807) is 0 Å². The number of unbranched alkanes of at least 4 members (excludes halogenated alkanes) is 57. The fourth-order valence-electron chi connectivity index (χ4n) is 11.9. The summed E-state index contributed by atoms with van der Waals surface area (Å²) >= 11 is 0. The Morgan fingerprint density at radius 3 is 0.860 bits per heavy atom. The highest BCUT2D eigenvalue weighted by Gasteiger charge is 2.27. The van der Waals surface area contributed by atoms with Crippen molar-refractivity contribution in [1.29, 1.82) is 0 Å². The number of nitrogens with zero attached hydrogens (tertiary/aromatic N) is 1. The first-order valence-electron chi connectivity index (χ1n) is 38.4. The summed E-state index contributed by atoms with van der Waals surface area (Å²) < 4.78 is 34.8. The molecule has 0 aliphatic carbocycles. The number of ether oxygens (including phenoxy) is 2. The van der Waals surface area contributed by atoms with Gasteiger partial charge in [-0.25, -0.2) is 4.57 Å². The Hall–Kier alpha value is -1.25. The second-order valence-electron chi connectivity index (χ2n) is 27.8. The molecule has 0 aliphatic heterocycles. The summed E-state index contributed by atoms with van der Waals surface area (Å²) in [6, 6.07) is 0. The topological polar surface area (TPSA) is 108 Å². The molecule has 0 bridgehead atoms. The molecule has 86 heavy (non-hydrogen) atoms. The molecule has 0 spiro atoms. The maximum absolute atomic E-state index is 12.9. The number of rotatable bonds is 73. The monoisotopic (exact) mass is 1240 g/mol. The Kier molecular flexibility index (Phi) is 67.1. The summed E-state index contributed by atoms with van der Waals surface area (Å²) in [5, 5.41) is 0. The van der Waals surface area contributed by atoms with Crippen molar-refractivity contribution in [3.63, 3.8) is 0 Å². The second kappa shape index (κ2) is 68.1. The minimum Gasteiger partial charge on any atom is -0.462 e. The van der Waals surface area contributed by atoms with Gasteiger partial charge in [0.1, 0.15) is 19.8 Å². The van der Waals surface area contributed by atoms with Crippen LogP contribution in [0.25, 0.3) is 0 Å². The standard InChI is InChI=1S/C76H150NO8P/c1-6-8-10-12-14-16-18-20-22-24-26-28-30-32-33-34-35-36-37-38-39-40-41-42-43-45-47-49-51-53-55-57-59-61-63-65-67-69-76(79)85-74(73-84-86(80,81)83-71-70-77(3,4)5)72-82-75(78)68-66-64-62-60-58-56-54-52-50-48-46-44-31-29-27-25-23-21-19-17-15-13-11-9-7-2/h24,26,74H,6-23,25,27-73H2,1-5H3/p+1/b26-24-. The lowest BCUT2D eigenvalue weighted by Crippen LogP contribution is -2.37. The molecule has 1 N–H and O–H groups in total. The van der Waals surface area contributed by atoms with Crippen molar-refractivity contribution >= 4 is 19.8 Å². The van der Waals surface area contributed by atoms with Gasteiger partial charge in [-0.15, -0.1) is 0 Å². The van der Waals surface area contributed by atoms with E-state index in [2.05, 4.69) is 26.0 Å². The summed E-state index contributed by atoms with van der Waals surface area (Å²) in [5.41, 5.74) is 0. The van der Waals surface area contributed by atoms with Gasteiger partial charge in [0.05, 0.1) is 27.7 Å². The molecule has 2 unspecified atom stereocenters. The second-order valence-corrected chi connectivity index (χ2v) is 29.2. The summed E-state index contributed by atoms with van der Waals surface area (Å²) in [7, 11) is 1.51. The van der Waals surface area contributed by atoms with Crippen molar-refractivity contribution < 1.29 is 42.1 Å². The maximum Gasteiger partial charge on any atom is 0.472 e. The SMILES string of the molecule is CCCCCCCCCC/C=C\CCCCCCCCCCCCCCCCCCCCCCCCCCCC(=O)OC(COC(=O)CCCCCCCCCCCCCCCCCCCCCCCCCCC)COP(=O)(O)OCC[N+](C)(C)C. The van der Waals surface area contributed by atoms with Crippen LogP contribution in [0.5, 0.6) is 0 Å². The number of carbonyl (C=O) groups is 2. The molecule has 0 aromatic rings. The Bertz CT molecular complexity index is 1450. The predicted octanol–water partition coefficient (Wildman–Crippen LogP) is 25.1. The van der Waals surface area contributed by atoms with Crippen molar-refractivity contribution in [2.45, 2.75) is 418 Å². The van der Waals surface area contributed by atoms with Crippen LogP contribution in [0, 0.1) is 0 Å². The van der Waals surface area contributed by atoms with Gasteiger partial charge in [0.15, 0.2) is 6.10 Å². The van der Waals surface area contributed by atoms with E-state index in [1.807, 2.05) is 21.1 Å². The van der Waals surface area contributed by atoms with E-state index in [4.69, 9.17) is 18.5 Å². The highest BCUT2D eigenvalue weighted by atomic mass is 31.2. The first-order valence-corrected chi connectivity index (χ1v) is 39.9. The molecule has 512 valence electrons. The molecule has 0 radical (unpaired) electrons. The van der Waals surface area contributed by atoms with Gasteiger partial charge in [0, 0.05) is 12.8 Å². The third-order valence-corrected chi connectivity index (χ3v) is 18.8. The van der Waals surface area contributed by atoms with Gasteiger partial charge in [-0.2, -0.15) is 0 Å². The molecule has 9 nitrogen and oxygen atoms in total. The average Bonchev–Trinajstić information content (AvgIpc) is 3.67. The quantitative estimate of drug-likeness (QED) is 0.0211. The average molecular weight is 1240 g/mol. The fourth-order valence-corrected chi connectivity index (χ4v) is 12.6. The highest BCUT2D eigenvalue weighted by molar-refractivity contribution is 7.47. The highest BCUT2D eigenvalue weighted by Crippen LogP contribution is 2.43. The largest absolute Gasteiger partial charge is 0.472 e. The number of hydrogen-bond acceptors (Lipinski definition) is 7. The van der Waals surface area contributed by atoms with Crippen molar-refractivity contribution in [3.8, 4) is 0 Å². The number of phosphoric acid groups is 1. The number of esters is 2. The van der Waals surface area contributed by atoms with Gasteiger partial charge < -0.3 is 18.9 Å². The molecule has 0 saturated heterocycles. The van der Waals surface area contributed by atoms with Crippen molar-refractivity contribution in [2.75, 3.05) is 47.5 Å². The Morgan fingerprint density at radius 2 is 0.593 bits per heavy atom. The number of carbonyl (C=O) groups excluding carboxylic acids is 2. The first kappa shape index (κ1) is 84.8. The van der Waals surface area contributed by atoms with Crippen LogP contribution in [0.1, 0.15) is 412 Å². The Balaban J connectivity index is 3.90. The lowest BCUT2D eigenvalue weighted by molar-refractivity contribution is -0.870. The van der Waals surface area contributed by atoms with Crippen LogP contribution in [0.4, 0.5) is 0 Å². The Labute approximate surface area is 537 Å². The van der Waals surface area contributed by atoms with E-state index in [-0.39, 0.29) is 25.6 Å². The van der Waals surface area contributed by atoms with Crippen molar-refractivity contribution in [2.24, 2.45) is 0 Å². The zero-order valence-electron chi connectivity index (χ0n) is 58.6. The molecule has 0 aromatic carbocycles. The van der Waals surface area contributed by atoms with Crippen LogP contribution >= 0.6 is 7.82 Å². The molecule has 0 aliphatic rings. The number of phosphoric ester groups is 1. The van der Waals surface area contributed by atoms with E-state index in [0.29, 0.717) is 17.4 Å². The van der Waals surface area contributed by atoms with E-state index in [0.717, 1.165) is 38.5 Å². The van der Waals surface area contributed by atoms with E-state index in [9.17, 15) is 19.0 Å². The van der Waals surface area contributed by atoms with E-state index in [1.165, 1.54) is 347 Å². The van der Waals surface area contributed by atoms with Crippen LogP contribution in [-0.4, -0.2) is 74.9 Å². The van der Waals surface area contributed by atoms with Crippen LogP contribution in [-0.2, 0) is 32.7 Å². The minimum atomic E-state index is -4.39. The lowest BCUT2D eigenvalue weighted by atomic mass is 10.0. The third kappa shape index (κ3) is 71.8. The summed E-state index contributed by atoms with van der Waals surface area (Å²) in [6.07, 6.45) is 85.0. The van der Waals surface area contributed by atoms with Crippen molar-refractivity contribution in [3.05, 3.63) is 12.2 Å². The number of allylic oxidation sites excluding steroid dienone is 2. The summed E-state index contributed by atoms with van der Waals surface area (Å²) in [5.74, 6) is -0.767. The van der Waals surface area contributed by atoms with Gasteiger partial charge in [-0.3, -0.25) is 18.6 Å². The van der Waals surface area contributed by atoms with Gasteiger partial charge in [-0.1, -0.05) is 373 Å². The summed E-state index contributed by atoms with van der Waals surface area (Å²) in [6.45, 7) is 4.53. The van der Waals surface area contributed by atoms with Crippen LogP contribution < -0.4 is 0 Å². The van der Waals surface area contributed by atoms with E-state index >= 15 is 0 Å². The number of hydrogen-bond donors (Lipinski definition) is 1. The van der Waals surface area contributed by atoms with Gasteiger partial charge in [-0.05, 0) is 38.5 Å². The zero-order valence-corrected chi connectivity index (χ0v) is 59.5. The molecule has 0 saturated carbocycles. The molecule has 0 fully saturated rings. The smallest absolute Gasteiger partial charge is 0.462 e. The maximum atomic E-state index is 12.9. The molecule has 2 atom stereocenters. The van der Waals surface area contributed by atoms with Crippen molar-refractivity contribution in [1.82, 2.24) is 0 Å². The first-order chi connectivity index (χ1) is 42.0. The molecule has 10 heteroatoms. The molecule has 0 amide bonds. The molecular formula is C76H151NO8P+. The number of likely N-dealkylation sites (N-methyl/N-ethyl adjacent to an activating group) is 1. The Morgan fingerprint density at radius 1 is 0.349 bits per heavy atom. The lowest BCUT2D eigenvalue weighted by Gasteiger charge is -2.24. The predicted molar refractivity (Wildman–Crippen MR) is 372 cm³/mol. The zero-order chi connectivity index (χ0) is 62.6. The third-order valence-electron chi connectivity index (χ3n) is 17.8. The fraction of sp³-hybridized carbons (Fsp3) is 0.947. The molecule has 0 heterocycles. The van der Waals surface area contributed by atoms with Crippen LogP contribution in [0.15, 0.2) is 12.2 Å². The van der Waals surface area contributed by atoms with Gasteiger partial charge in [0.2, 0.25) is 0 Å². The van der Waals surface area contributed by atoms with Gasteiger partial charge >= 0.3 is 19.8 Å². The molecule has 0 aromatic heterocycles. The molecule has 0 rings (SSSR count). The van der Waals surface area contributed by atoms with Crippen LogP contribution in [0.3, 0.4) is 0 Å². The van der Waals surface area contributed by atoms with E-state index < -0.39 is 26.5 Å². The minimum absolute atomic E-state index is 0.0370. The summed E-state index contributed by atoms with van der Waals surface area (Å²) in [4.78, 5) is 35.9. The van der Waals surface area contributed by atoms with Gasteiger partial charge in [0.25, 0.3) is 0 Å². The number of quaternary nitrogens is 1. The normalized spacial score (nSPS) is 13.0. The van der Waals surface area contributed by atoms with Crippen LogP contribution in [0.2, 0.25) is 0 Å². The molecular weight excluding hydrogens is 1090 g/mol.